The van der Waals surface area contributed by atoms with Crippen molar-refractivity contribution in [3.8, 4) is 0 Å². The van der Waals surface area contributed by atoms with E-state index >= 15 is 0 Å². The van der Waals surface area contributed by atoms with Crippen LogP contribution in [0.4, 0.5) is 0 Å². The van der Waals surface area contributed by atoms with Crippen LogP contribution in [0.25, 0.3) is 0 Å². The minimum atomic E-state index is -0.373. The number of carbonyl (C=O) groups is 1. The number of carbonyl (C=O) groups excluding carboxylic acids is 1. The maximum absolute atomic E-state index is 11.7. The largest absolute Gasteiger partial charge is 0.354 e. The Balaban J connectivity index is 4.04. The molecule has 0 bridgehead atoms. The van der Waals surface area contributed by atoms with Crippen molar-refractivity contribution >= 4 is 5.91 Å². The molecule has 0 aliphatic heterocycles. The lowest BCUT2D eigenvalue weighted by Gasteiger charge is -2.25. The van der Waals surface area contributed by atoms with E-state index in [1.54, 1.807) is 0 Å². The number of amides is 1. The highest BCUT2D eigenvalue weighted by Gasteiger charge is 2.22. The Morgan fingerprint density at radius 3 is 2.33 bits per heavy atom. The molecule has 0 aromatic heterocycles. The molecule has 0 fully saturated rings. The van der Waals surface area contributed by atoms with Crippen LogP contribution in [-0.2, 0) is 4.79 Å². The van der Waals surface area contributed by atoms with E-state index in [1.807, 2.05) is 13.8 Å². The standard InChI is InChI=1S/C12H26N2O/c1-6-9(3)10(13)11(15)14-8-12(4,5)7-2/h9-10H,6-8,13H2,1-5H3,(H,14,15)/t9?,10-/m0/s1. The highest BCUT2D eigenvalue weighted by molar-refractivity contribution is 5.81. The summed E-state index contributed by atoms with van der Waals surface area (Å²) in [7, 11) is 0. The van der Waals surface area contributed by atoms with Crippen molar-refractivity contribution in [2.75, 3.05) is 6.54 Å². The van der Waals surface area contributed by atoms with Crippen LogP contribution in [-0.4, -0.2) is 18.5 Å². The second kappa shape index (κ2) is 6.11. The second-order valence-electron chi connectivity index (χ2n) is 5.15. The maximum atomic E-state index is 11.7. The number of rotatable bonds is 6. The molecule has 0 rings (SSSR count). The number of nitrogens with two attached hydrogens (primary N) is 1. The smallest absolute Gasteiger partial charge is 0.237 e. The summed E-state index contributed by atoms with van der Waals surface area (Å²) in [5, 5.41) is 2.92. The fraction of sp³-hybridized carbons (Fsp3) is 0.917. The Bertz CT molecular complexity index is 202. The van der Waals surface area contributed by atoms with Crippen LogP contribution in [0.5, 0.6) is 0 Å². The molecule has 1 unspecified atom stereocenters. The normalized spacial score (nSPS) is 15.9. The molecule has 1 amide bonds. The number of hydrogen-bond acceptors (Lipinski definition) is 2. The fourth-order valence-corrected chi connectivity index (χ4v) is 1.08. The molecule has 15 heavy (non-hydrogen) atoms. The lowest BCUT2D eigenvalue weighted by Crippen LogP contribution is -2.47. The fourth-order valence-electron chi connectivity index (χ4n) is 1.08. The predicted molar refractivity (Wildman–Crippen MR) is 64.5 cm³/mol. The van der Waals surface area contributed by atoms with Crippen molar-refractivity contribution in [3.63, 3.8) is 0 Å². The van der Waals surface area contributed by atoms with Gasteiger partial charge in [-0.2, -0.15) is 0 Å². The van der Waals surface area contributed by atoms with E-state index in [4.69, 9.17) is 5.73 Å². The summed E-state index contributed by atoms with van der Waals surface area (Å²) in [6, 6.07) is -0.373. The Labute approximate surface area is 93.8 Å². The first-order chi connectivity index (χ1) is 6.84. The van der Waals surface area contributed by atoms with Crippen LogP contribution >= 0.6 is 0 Å². The molecular weight excluding hydrogens is 188 g/mol. The monoisotopic (exact) mass is 214 g/mol. The van der Waals surface area contributed by atoms with Gasteiger partial charge in [0.2, 0.25) is 5.91 Å². The summed E-state index contributed by atoms with van der Waals surface area (Å²) in [5.41, 5.74) is 5.99. The number of hydrogen-bond donors (Lipinski definition) is 2. The molecule has 0 aliphatic carbocycles. The van der Waals surface area contributed by atoms with Crippen LogP contribution in [0, 0.1) is 11.3 Å². The molecule has 0 saturated heterocycles. The van der Waals surface area contributed by atoms with Gasteiger partial charge in [-0.15, -0.1) is 0 Å². The van der Waals surface area contributed by atoms with Gasteiger partial charge >= 0.3 is 0 Å². The lowest BCUT2D eigenvalue weighted by atomic mass is 9.90. The molecule has 2 atom stereocenters. The molecule has 3 nitrogen and oxygen atoms in total. The highest BCUT2D eigenvalue weighted by atomic mass is 16.2. The van der Waals surface area contributed by atoms with Crippen molar-refractivity contribution in [1.29, 1.82) is 0 Å². The van der Waals surface area contributed by atoms with Crippen LogP contribution in [0.15, 0.2) is 0 Å². The Kier molecular flexibility index (Phi) is 5.88. The predicted octanol–water partition coefficient (Wildman–Crippen LogP) is 1.91. The zero-order valence-corrected chi connectivity index (χ0v) is 10.8. The third-order valence-corrected chi connectivity index (χ3v) is 3.26. The average molecular weight is 214 g/mol. The molecular formula is C12H26N2O. The van der Waals surface area contributed by atoms with Gasteiger partial charge in [-0.1, -0.05) is 41.0 Å². The van der Waals surface area contributed by atoms with E-state index < -0.39 is 0 Å². The van der Waals surface area contributed by atoms with Crippen molar-refractivity contribution in [1.82, 2.24) is 5.32 Å². The van der Waals surface area contributed by atoms with Crippen LogP contribution in [0.3, 0.4) is 0 Å². The Hall–Kier alpha value is -0.570. The molecule has 90 valence electrons. The summed E-state index contributed by atoms with van der Waals surface area (Å²) in [6.45, 7) is 11.2. The van der Waals surface area contributed by atoms with E-state index in [1.165, 1.54) is 0 Å². The van der Waals surface area contributed by atoms with Crippen LogP contribution in [0.1, 0.15) is 47.5 Å². The van der Waals surface area contributed by atoms with E-state index in [-0.39, 0.29) is 23.3 Å². The van der Waals surface area contributed by atoms with Gasteiger partial charge < -0.3 is 11.1 Å². The lowest BCUT2D eigenvalue weighted by molar-refractivity contribution is -0.123. The summed E-state index contributed by atoms with van der Waals surface area (Å²) >= 11 is 0. The summed E-state index contributed by atoms with van der Waals surface area (Å²) in [6.07, 6.45) is 1.98. The zero-order valence-electron chi connectivity index (χ0n) is 10.8. The molecule has 0 aromatic carbocycles. The van der Waals surface area contributed by atoms with Gasteiger partial charge in [-0.05, 0) is 17.8 Å². The molecule has 0 spiro atoms. The van der Waals surface area contributed by atoms with E-state index in [0.29, 0.717) is 6.54 Å². The first kappa shape index (κ1) is 14.4. The van der Waals surface area contributed by atoms with Gasteiger partial charge in [0.15, 0.2) is 0 Å². The average Bonchev–Trinajstić information content (AvgIpc) is 2.23. The second-order valence-corrected chi connectivity index (χ2v) is 5.15. The molecule has 0 aliphatic rings. The topological polar surface area (TPSA) is 55.1 Å². The van der Waals surface area contributed by atoms with Crippen molar-refractivity contribution in [3.05, 3.63) is 0 Å². The third-order valence-electron chi connectivity index (χ3n) is 3.26. The Morgan fingerprint density at radius 1 is 1.40 bits per heavy atom. The molecule has 0 heterocycles. The summed E-state index contributed by atoms with van der Waals surface area (Å²) < 4.78 is 0. The van der Waals surface area contributed by atoms with Crippen molar-refractivity contribution < 1.29 is 4.79 Å². The first-order valence-corrected chi connectivity index (χ1v) is 5.87. The van der Waals surface area contributed by atoms with Gasteiger partial charge in [-0.25, -0.2) is 0 Å². The van der Waals surface area contributed by atoms with E-state index in [9.17, 15) is 4.79 Å². The molecule has 3 N–H and O–H groups in total. The minimum absolute atomic E-state index is 0.0223. The Morgan fingerprint density at radius 2 is 1.93 bits per heavy atom. The third kappa shape index (κ3) is 5.17. The number of nitrogens with one attached hydrogen (secondary N) is 1. The molecule has 0 saturated carbocycles. The molecule has 0 radical (unpaired) electrons. The van der Waals surface area contributed by atoms with Gasteiger partial charge in [0.05, 0.1) is 6.04 Å². The van der Waals surface area contributed by atoms with Gasteiger partial charge in [-0.3, -0.25) is 4.79 Å². The van der Waals surface area contributed by atoms with Crippen LogP contribution < -0.4 is 11.1 Å². The SMILES string of the molecule is CCC(C)[C@H](N)C(=O)NCC(C)(C)CC. The van der Waals surface area contributed by atoms with Gasteiger partial charge in [0.25, 0.3) is 0 Å². The first-order valence-electron chi connectivity index (χ1n) is 5.87. The highest BCUT2D eigenvalue weighted by Crippen LogP contribution is 2.17. The summed E-state index contributed by atoms with van der Waals surface area (Å²) in [4.78, 5) is 11.7. The maximum Gasteiger partial charge on any atom is 0.237 e. The summed E-state index contributed by atoms with van der Waals surface area (Å²) in [5.74, 6) is 0.223. The van der Waals surface area contributed by atoms with Gasteiger partial charge in [0.1, 0.15) is 0 Å². The van der Waals surface area contributed by atoms with Crippen molar-refractivity contribution in [2.45, 2.75) is 53.5 Å². The molecule has 3 heteroatoms. The van der Waals surface area contributed by atoms with E-state index in [0.717, 1.165) is 12.8 Å². The van der Waals surface area contributed by atoms with Crippen LogP contribution in [0.2, 0.25) is 0 Å². The quantitative estimate of drug-likeness (QED) is 0.709. The van der Waals surface area contributed by atoms with Gasteiger partial charge in [0, 0.05) is 6.54 Å². The van der Waals surface area contributed by atoms with Crippen molar-refractivity contribution in [2.24, 2.45) is 17.1 Å². The molecule has 0 aromatic rings. The zero-order chi connectivity index (χ0) is 12.1. The minimum Gasteiger partial charge on any atom is -0.354 e. The van der Waals surface area contributed by atoms with E-state index in [2.05, 4.69) is 26.1 Å².